The molecule has 1 fully saturated rings. The summed E-state index contributed by atoms with van der Waals surface area (Å²) >= 11 is 0. The topological polar surface area (TPSA) is 27.7 Å². The Morgan fingerprint density at radius 2 is 1.88 bits per heavy atom. The van der Waals surface area contributed by atoms with Crippen LogP contribution < -0.4 is 4.74 Å². The third-order valence-corrected chi connectivity index (χ3v) is 2.98. The molecule has 2 atom stereocenters. The van der Waals surface area contributed by atoms with Crippen molar-refractivity contribution in [2.45, 2.75) is 32.5 Å². The number of hydrogen-bond donors (Lipinski definition) is 0. The van der Waals surface area contributed by atoms with E-state index in [2.05, 4.69) is 6.92 Å². The Labute approximate surface area is 103 Å². The minimum Gasteiger partial charge on any atom is -0.494 e. The van der Waals surface area contributed by atoms with E-state index in [0.29, 0.717) is 19.8 Å². The van der Waals surface area contributed by atoms with Gasteiger partial charge < -0.3 is 14.2 Å². The zero-order valence-electron chi connectivity index (χ0n) is 10.5. The molecular weight excluding hydrogens is 216 g/mol. The number of benzene rings is 1. The van der Waals surface area contributed by atoms with Gasteiger partial charge in [-0.25, -0.2) is 0 Å². The van der Waals surface area contributed by atoms with Crippen molar-refractivity contribution >= 4 is 0 Å². The average molecular weight is 236 g/mol. The largest absolute Gasteiger partial charge is 0.494 e. The highest BCUT2D eigenvalue weighted by molar-refractivity contribution is 5.28. The molecule has 1 aromatic carbocycles. The van der Waals surface area contributed by atoms with Gasteiger partial charge in [0.25, 0.3) is 0 Å². The molecule has 0 aliphatic carbocycles. The molecule has 0 aromatic heterocycles. The second kappa shape index (κ2) is 6.03. The summed E-state index contributed by atoms with van der Waals surface area (Å²) < 4.78 is 16.9. The Bertz CT molecular complexity index is 326. The van der Waals surface area contributed by atoms with E-state index in [1.54, 1.807) is 0 Å². The average Bonchev–Trinajstić information content (AvgIpc) is 2.40. The Balaban J connectivity index is 1.94. The predicted octanol–water partition coefficient (Wildman–Crippen LogP) is 2.95. The zero-order chi connectivity index (χ0) is 12.1. The zero-order valence-corrected chi connectivity index (χ0v) is 10.5. The van der Waals surface area contributed by atoms with Gasteiger partial charge in [0, 0.05) is 0 Å². The van der Waals surface area contributed by atoms with Crippen LogP contribution >= 0.6 is 0 Å². The summed E-state index contributed by atoms with van der Waals surface area (Å²) in [5.74, 6) is 0.902. The molecule has 1 saturated heterocycles. The molecule has 0 bridgehead atoms. The van der Waals surface area contributed by atoms with Crippen molar-refractivity contribution in [3.63, 3.8) is 0 Å². The standard InChI is InChI=1S/C14H20O3/c1-3-12-9-17-14(10-16-12)11-5-7-13(8-6-11)15-4-2/h5-8,12,14H,3-4,9-10H2,1-2H3/t12-,14-/m0/s1. The van der Waals surface area contributed by atoms with Gasteiger partial charge in [-0.2, -0.15) is 0 Å². The lowest BCUT2D eigenvalue weighted by molar-refractivity contribution is -0.135. The monoisotopic (exact) mass is 236 g/mol. The van der Waals surface area contributed by atoms with E-state index in [-0.39, 0.29) is 12.2 Å². The molecule has 3 nitrogen and oxygen atoms in total. The molecule has 2 rings (SSSR count). The third kappa shape index (κ3) is 3.20. The molecule has 1 aliphatic heterocycles. The van der Waals surface area contributed by atoms with Crippen molar-refractivity contribution in [1.29, 1.82) is 0 Å². The highest BCUT2D eigenvalue weighted by Gasteiger charge is 2.22. The number of rotatable bonds is 4. The summed E-state index contributed by atoms with van der Waals surface area (Å²) in [5.41, 5.74) is 1.16. The maximum Gasteiger partial charge on any atom is 0.119 e. The molecule has 1 heterocycles. The van der Waals surface area contributed by atoms with Gasteiger partial charge in [0.1, 0.15) is 11.9 Å². The van der Waals surface area contributed by atoms with Crippen LogP contribution in [0.5, 0.6) is 5.75 Å². The summed E-state index contributed by atoms with van der Waals surface area (Å²) in [6, 6.07) is 8.05. The van der Waals surface area contributed by atoms with E-state index in [0.717, 1.165) is 17.7 Å². The highest BCUT2D eigenvalue weighted by Crippen LogP contribution is 2.25. The van der Waals surface area contributed by atoms with Gasteiger partial charge in [0.15, 0.2) is 0 Å². The Morgan fingerprint density at radius 1 is 1.12 bits per heavy atom. The Kier molecular flexibility index (Phi) is 4.40. The quantitative estimate of drug-likeness (QED) is 0.804. The first-order valence-electron chi connectivity index (χ1n) is 6.29. The Hall–Kier alpha value is -1.06. The first kappa shape index (κ1) is 12.4. The molecule has 0 amide bonds. The molecule has 0 radical (unpaired) electrons. The molecule has 94 valence electrons. The SMILES string of the molecule is CCOc1ccc([C@@H]2CO[C@@H](CC)CO2)cc1. The lowest BCUT2D eigenvalue weighted by Gasteiger charge is -2.29. The molecule has 1 aromatic rings. The minimum absolute atomic E-state index is 0.0634. The second-order valence-electron chi connectivity index (χ2n) is 4.19. The van der Waals surface area contributed by atoms with E-state index in [9.17, 15) is 0 Å². The molecule has 0 saturated carbocycles. The summed E-state index contributed by atoms with van der Waals surface area (Å²) in [6.45, 7) is 6.13. The van der Waals surface area contributed by atoms with Crippen LogP contribution in [0, 0.1) is 0 Å². The van der Waals surface area contributed by atoms with E-state index in [4.69, 9.17) is 14.2 Å². The van der Waals surface area contributed by atoms with Crippen molar-refractivity contribution in [3.05, 3.63) is 29.8 Å². The van der Waals surface area contributed by atoms with E-state index < -0.39 is 0 Å². The van der Waals surface area contributed by atoms with Crippen molar-refractivity contribution in [3.8, 4) is 5.75 Å². The van der Waals surface area contributed by atoms with Gasteiger partial charge in [-0.3, -0.25) is 0 Å². The number of hydrogen-bond acceptors (Lipinski definition) is 3. The maximum absolute atomic E-state index is 5.80. The van der Waals surface area contributed by atoms with Crippen LogP contribution in [0.4, 0.5) is 0 Å². The lowest BCUT2D eigenvalue weighted by Crippen LogP contribution is -2.30. The maximum atomic E-state index is 5.80. The first-order chi connectivity index (χ1) is 8.33. The van der Waals surface area contributed by atoms with Crippen LogP contribution in [0.15, 0.2) is 24.3 Å². The predicted molar refractivity (Wildman–Crippen MR) is 66.3 cm³/mol. The molecular formula is C14H20O3. The first-order valence-corrected chi connectivity index (χ1v) is 6.29. The molecule has 0 N–H and O–H groups in total. The van der Waals surface area contributed by atoms with Gasteiger partial charge in [-0.1, -0.05) is 19.1 Å². The van der Waals surface area contributed by atoms with Gasteiger partial charge in [-0.05, 0) is 31.0 Å². The summed E-state index contributed by atoms with van der Waals surface area (Å²) in [4.78, 5) is 0. The van der Waals surface area contributed by atoms with Gasteiger partial charge in [-0.15, -0.1) is 0 Å². The van der Waals surface area contributed by atoms with Crippen LogP contribution in [0.2, 0.25) is 0 Å². The summed E-state index contributed by atoms with van der Waals surface area (Å²) in [6.07, 6.45) is 1.33. The van der Waals surface area contributed by atoms with E-state index >= 15 is 0 Å². The van der Waals surface area contributed by atoms with E-state index in [1.807, 2.05) is 31.2 Å². The molecule has 3 heteroatoms. The van der Waals surface area contributed by atoms with Crippen molar-refractivity contribution in [2.75, 3.05) is 19.8 Å². The van der Waals surface area contributed by atoms with Crippen molar-refractivity contribution in [1.82, 2.24) is 0 Å². The Morgan fingerprint density at radius 3 is 2.41 bits per heavy atom. The normalized spacial score (nSPS) is 24.6. The van der Waals surface area contributed by atoms with Crippen LogP contribution in [-0.2, 0) is 9.47 Å². The lowest BCUT2D eigenvalue weighted by atomic mass is 10.1. The van der Waals surface area contributed by atoms with Crippen LogP contribution in [0.3, 0.4) is 0 Å². The third-order valence-electron chi connectivity index (χ3n) is 2.98. The van der Waals surface area contributed by atoms with Gasteiger partial charge in [0.2, 0.25) is 0 Å². The van der Waals surface area contributed by atoms with Crippen molar-refractivity contribution in [2.24, 2.45) is 0 Å². The smallest absolute Gasteiger partial charge is 0.119 e. The minimum atomic E-state index is 0.0634. The fraction of sp³-hybridized carbons (Fsp3) is 0.571. The molecule has 0 unspecified atom stereocenters. The van der Waals surface area contributed by atoms with Crippen molar-refractivity contribution < 1.29 is 14.2 Å². The molecule has 1 aliphatic rings. The fourth-order valence-corrected chi connectivity index (χ4v) is 1.92. The fourth-order valence-electron chi connectivity index (χ4n) is 1.92. The van der Waals surface area contributed by atoms with Gasteiger partial charge in [0.05, 0.1) is 25.9 Å². The summed E-state index contributed by atoms with van der Waals surface area (Å²) in [7, 11) is 0. The van der Waals surface area contributed by atoms with Crippen LogP contribution in [0.25, 0.3) is 0 Å². The highest BCUT2D eigenvalue weighted by atomic mass is 16.6. The van der Waals surface area contributed by atoms with Gasteiger partial charge >= 0.3 is 0 Å². The number of ether oxygens (including phenoxy) is 3. The summed E-state index contributed by atoms with van der Waals surface area (Å²) in [5, 5.41) is 0. The molecule has 17 heavy (non-hydrogen) atoms. The van der Waals surface area contributed by atoms with Crippen LogP contribution in [0.1, 0.15) is 31.9 Å². The second-order valence-corrected chi connectivity index (χ2v) is 4.19. The van der Waals surface area contributed by atoms with E-state index in [1.165, 1.54) is 0 Å². The van der Waals surface area contributed by atoms with Crippen LogP contribution in [-0.4, -0.2) is 25.9 Å². The molecule has 0 spiro atoms.